The molecule has 0 aliphatic rings. The summed E-state index contributed by atoms with van der Waals surface area (Å²) in [7, 11) is 0. The Kier molecular flexibility index (Phi) is 59.5. The van der Waals surface area contributed by atoms with Crippen LogP contribution in [-0.4, -0.2) is 47.7 Å². The van der Waals surface area contributed by atoms with E-state index in [0.29, 0.717) is 17.3 Å². The van der Waals surface area contributed by atoms with Crippen LogP contribution in [0.1, 0.15) is 107 Å². The third-order valence-electron chi connectivity index (χ3n) is 6.76. The minimum Gasteiger partial charge on any atom is -0.412 e. The van der Waals surface area contributed by atoms with Gasteiger partial charge in [0.25, 0.3) is 0 Å². The van der Waals surface area contributed by atoms with E-state index in [2.05, 4.69) is 89.2 Å². The fourth-order valence-electron chi connectivity index (χ4n) is 3.22. The zero-order valence-electron chi connectivity index (χ0n) is 27.3. The summed E-state index contributed by atoms with van der Waals surface area (Å²) in [5.41, 5.74) is 0. The van der Waals surface area contributed by atoms with Crippen LogP contribution in [0.15, 0.2) is 0 Å². The molecule has 0 bridgehead atoms. The molecule has 0 spiro atoms. The summed E-state index contributed by atoms with van der Waals surface area (Å²) in [5, 5.41) is 12.0. The van der Waals surface area contributed by atoms with Crippen LogP contribution in [0.3, 0.4) is 0 Å². The molecule has 0 heterocycles. The van der Waals surface area contributed by atoms with Crippen LogP contribution in [0, 0.1) is 23.7 Å². The molecule has 0 aromatic carbocycles. The van der Waals surface area contributed by atoms with Crippen molar-refractivity contribution in [3.63, 3.8) is 0 Å². The van der Waals surface area contributed by atoms with E-state index in [-0.39, 0.29) is 21.1 Å². The first-order valence-corrected chi connectivity index (χ1v) is 18.4. The Morgan fingerprint density at radius 3 is 0.605 bits per heavy atom. The SMILES string of the molecule is CCC(CC)CNC(=S)[S-].CCC(CC)CNC(=S)[S-].CCC(CC)CNC(=S)[S-].CCC(CC)CNC(=S)[S-].O=S.[Mo+4]. The third-order valence-corrected chi connectivity index (χ3v) is 7.91. The normalized spacial score (nSPS) is 9.30. The van der Waals surface area contributed by atoms with Gasteiger partial charge in [-0.05, 0) is 23.7 Å². The van der Waals surface area contributed by atoms with Gasteiger partial charge < -0.3 is 121 Å². The van der Waals surface area contributed by atoms with Crippen molar-refractivity contribution in [1.82, 2.24) is 21.3 Å². The molecule has 0 aromatic rings. The predicted molar refractivity (Wildman–Crippen MR) is 216 cm³/mol. The second-order valence-corrected chi connectivity index (χ2v) is 13.7. The van der Waals surface area contributed by atoms with Gasteiger partial charge in [0.05, 0.1) is 0 Å². The molecule has 0 aromatic heterocycles. The number of hydrogen-bond donors (Lipinski definition) is 4. The largest absolute Gasteiger partial charge is 4.00 e. The van der Waals surface area contributed by atoms with Crippen molar-refractivity contribution in [3.8, 4) is 0 Å². The van der Waals surface area contributed by atoms with Crippen molar-refractivity contribution in [3.05, 3.63) is 0 Å². The van der Waals surface area contributed by atoms with Gasteiger partial charge >= 0.3 is 21.1 Å². The molecular formula is C28H56MoN4OS9. The first-order chi connectivity index (χ1) is 19.8. The Bertz CT molecular complexity index is 533. The molecule has 5 nitrogen and oxygen atoms in total. The predicted octanol–water partition coefficient (Wildman–Crippen LogP) is 7.04. The van der Waals surface area contributed by atoms with Crippen LogP contribution in [-0.2, 0) is 84.1 Å². The molecule has 0 unspecified atom stereocenters. The quantitative estimate of drug-likeness (QED) is 0.0731. The van der Waals surface area contributed by atoms with E-state index in [1.165, 1.54) is 51.4 Å². The van der Waals surface area contributed by atoms with Crippen LogP contribution in [0.5, 0.6) is 0 Å². The summed E-state index contributed by atoms with van der Waals surface area (Å²) in [6, 6.07) is 0. The van der Waals surface area contributed by atoms with Crippen molar-refractivity contribution < 1.29 is 25.3 Å². The van der Waals surface area contributed by atoms with Crippen molar-refractivity contribution >= 4 is 129 Å². The second-order valence-electron chi connectivity index (χ2n) is 9.40. The van der Waals surface area contributed by atoms with E-state index in [4.69, 9.17) is 104 Å². The molecule has 43 heavy (non-hydrogen) atoms. The third kappa shape index (κ3) is 52.9. The number of hydrogen-bond acceptors (Lipinski definition) is 10. The Balaban J connectivity index is -0.000000103. The summed E-state index contributed by atoms with van der Waals surface area (Å²) in [5.74, 6) is 2.89. The van der Waals surface area contributed by atoms with Crippen molar-refractivity contribution in [2.24, 2.45) is 23.7 Å². The smallest absolute Gasteiger partial charge is 0.412 e. The zero-order chi connectivity index (χ0) is 33.9. The van der Waals surface area contributed by atoms with E-state index in [0.717, 1.165) is 49.9 Å². The van der Waals surface area contributed by atoms with Gasteiger partial charge in [0.2, 0.25) is 0 Å². The van der Waals surface area contributed by atoms with Gasteiger partial charge in [-0.1, -0.05) is 124 Å². The summed E-state index contributed by atoms with van der Waals surface area (Å²) < 4.78 is 9.80. The fourth-order valence-corrected chi connectivity index (χ4v) is 3.89. The number of nitrogens with one attached hydrogen (secondary N) is 4. The molecule has 254 valence electrons. The molecule has 0 radical (unpaired) electrons. The minimum absolute atomic E-state index is 0. The molecule has 0 atom stereocenters. The van der Waals surface area contributed by atoms with Gasteiger partial charge in [0, 0.05) is 26.2 Å². The van der Waals surface area contributed by atoms with Gasteiger partial charge in [0.15, 0.2) is 12.5 Å². The molecule has 15 heteroatoms. The first-order valence-electron chi connectivity index (χ1n) is 14.8. The van der Waals surface area contributed by atoms with Crippen LogP contribution in [0.25, 0.3) is 0 Å². The van der Waals surface area contributed by atoms with E-state index in [1.807, 2.05) is 0 Å². The number of thiocarbonyl (C=S) groups is 4. The molecular weight excluding hydrogens is 793 g/mol. The topological polar surface area (TPSA) is 65.2 Å². The molecule has 0 amide bonds. The molecule has 0 aliphatic carbocycles. The Morgan fingerprint density at radius 1 is 0.419 bits per heavy atom. The standard InChI is InChI=1S/4C7H15NS2.Mo.OS/c4*1-3-6(4-2)5-8-7(9)10;;1-2/h4*6H,3-5H2,1-2H3,(H2,8,9,10);;/q;;;;+4;/p-4. The molecule has 0 aliphatic heterocycles. The van der Waals surface area contributed by atoms with Crippen LogP contribution >= 0.6 is 48.9 Å². The van der Waals surface area contributed by atoms with Crippen molar-refractivity contribution in [2.75, 3.05) is 26.2 Å². The monoisotopic (exact) mass is 850 g/mol. The van der Waals surface area contributed by atoms with Gasteiger partial charge in [0.1, 0.15) is 0 Å². The molecule has 0 saturated carbocycles. The van der Waals surface area contributed by atoms with E-state index in [9.17, 15) is 0 Å². The van der Waals surface area contributed by atoms with E-state index < -0.39 is 0 Å². The summed E-state index contributed by atoms with van der Waals surface area (Å²) in [6.45, 7) is 21.2. The van der Waals surface area contributed by atoms with Crippen LogP contribution in [0.4, 0.5) is 0 Å². The van der Waals surface area contributed by atoms with Crippen LogP contribution < -0.4 is 21.3 Å². The molecule has 0 fully saturated rings. The van der Waals surface area contributed by atoms with Gasteiger partial charge in [-0.15, -0.1) is 0 Å². The van der Waals surface area contributed by atoms with Crippen molar-refractivity contribution in [1.29, 1.82) is 0 Å². The minimum atomic E-state index is 0. The molecule has 0 rings (SSSR count). The Hall–Kier alpha value is 1.15. The Morgan fingerprint density at radius 2 is 0.535 bits per heavy atom. The summed E-state index contributed by atoms with van der Waals surface area (Å²) in [6.07, 6.45) is 9.57. The average Bonchev–Trinajstić information content (AvgIpc) is 2.97. The maximum Gasteiger partial charge on any atom is 4.00 e. The first kappa shape index (κ1) is 56.5. The Labute approximate surface area is 329 Å². The number of rotatable bonds is 16. The van der Waals surface area contributed by atoms with Gasteiger partial charge in [-0.2, -0.15) is 4.21 Å². The molecule has 0 saturated heterocycles. The zero-order valence-corrected chi connectivity index (χ0v) is 36.6. The maximum absolute atomic E-state index is 7.83. The van der Waals surface area contributed by atoms with Crippen LogP contribution in [0.2, 0.25) is 0 Å². The van der Waals surface area contributed by atoms with Crippen molar-refractivity contribution in [2.45, 2.75) is 107 Å². The average molecular weight is 849 g/mol. The van der Waals surface area contributed by atoms with E-state index in [1.54, 1.807) is 0 Å². The fraction of sp³-hybridized carbons (Fsp3) is 0.857. The summed E-state index contributed by atoms with van der Waals surface area (Å²) in [4.78, 5) is 0. The molecule has 4 N–H and O–H groups in total. The van der Waals surface area contributed by atoms with Gasteiger partial charge in [-0.3, -0.25) is 0 Å². The maximum atomic E-state index is 7.83. The summed E-state index contributed by atoms with van der Waals surface area (Å²) >= 11 is 40.5. The second kappa shape index (κ2) is 45.3. The van der Waals surface area contributed by atoms with Gasteiger partial charge in [-0.25, -0.2) is 0 Å². The van der Waals surface area contributed by atoms with E-state index >= 15 is 0 Å².